The highest BCUT2D eigenvalue weighted by molar-refractivity contribution is 6.32. The minimum atomic E-state index is -0.417. The fourth-order valence-electron chi connectivity index (χ4n) is 2.22. The first-order chi connectivity index (χ1) is 8.25. The van der Waals surface area contributed by atoms with Crippen LogP contribution in [0.15, 0.2) is 24.3 Å². The predicted octanol–water partition coefficient (Wildman–Crippen LogP) is 0.758. The van der Waals surface area contributed by atoms with Gasteiger partial charge in [0.15, 0.2) is 0 Å². The van der Waals surface area contributed by atoms with Crippen molar-refractivity contribution in [1.82, 2.24) is 0 Å². The average molecular weight is 257 g/mol. The van der Waals surface area contributed by atoms with Crippen LogP contribution in [0.5, 0.6) is 5.75 Å². The maximum atomic E-state index is 9.87. The molecule has 1 aromatic rings. The topological polar surface area (TPSA) is 33.9 Å². The van der Waals surface area contributed by atoms with Gasteiger partial charge in [0, 0.05) is 12.8 Å². The molecule has 0 spiro atoms. The summed E-state index contributed by atoms with van der Waals surface area (Å²) >= 11 is 5.97. The van der Waals surface area contributed by atoms with Crippen LogP contribution in [0.4, 0.5) is 0 Å². The molecular weight excluding hydrogens is 238 g/mol. The third kappa shape index (κ3) is 3.87. The molecule has 94 valence electrons. The zero-order valence-corrected chi connectivity index (χ0v) is 10.6. The lowest BCUT2D eigenvalue weighted by Crippen LogP contribution is -3.11. The number of hydrogen-bond acceptors (Lipinski definition) is 2. The summed E-state index contributed by atoms with van der Waals surface area (Å²) in [4.78, 5) is 1.47. The molecule has 0 aromatic heterocycles. The highest BCUT2D eigenvalue weighted by atomic mass is 35.5. The number of para-hydroxylation sites is 1. The summed E-state index contributed by atoms with van der Waals surface area (Å²) in [5.41, 5.74) is 0. The Balaban J connectivity index is 1.75. The van der Waals surface area contributed by atoms with Crippen LogP contribution in [-0.4, -0.2) is 37.5 Å². The summed E-state index contributed by atoms with van der Waals surface area (Å²) in [7, 11) is 0. The highest BCUT2D eigenvalue weighted by Gasteiger charge is 2.19. The van der Waals surface area contributed by atoms with Crippen LogP contribution >= 0.6 is 11.6 Å². The van der Waals surface area contributed by atoms with Gasteiger partial charge in [-0.25, -0.2) is 0 Å². The molecule has 17 heavy (non-hydrogen) atoms. The lowest BCUT2D eigenvalue weighted by molar-refractivity contribution is -0.890. The van der Waals surface area contributed by atoms with Crippen molar-refractivity contribution in [3.63, 3.8) is 0 Å². The summed E-state index contributed by atoms with van der Waals surface area (Å²) in [6, 6.07) is 7.34. The van der Waals surface area contributed by atoms with Gasteiger partial charge in [-0.1, -0.05) is 23.7 Å². The molecule has 3 nitrogen and oxygen atoms in total. The summed E-state index contributed by atoms with van der Waals surface area (Å²) in [5, 5.41) is 10.5. The predicted molar refractivity (Wildman–Crippen MR) is 67.8 cm³/mol. The second-order valence-electron chi connectivity index (χ2n) is 4.56. The van der Waals surface area contributed by atoms with E-state index in [2.05, 4.69) is 0 Å². The molecule has 1 saturated heterocycles. The van der Waals surface area contributed by atoms with Gasteiger partial charge in [0.05, 0.1) is 18.1 Å². The molecule has 0 amide bonds. The van der Waals surface area contributed by atoms with Crippen molar-refractivity contribution in [1.29, 1.82) is 0 Å². The fourth-order valence-corrected chi connectivity index (χ4v) is 2.41. The van der Waals surface area contributed by atoms with Crippen molar-refractivity contribution in [3.05, 3.63) is 29.3 Å². The van der Waals surface area contributed by atoms with E-state index < -0.39 is 6.10 Å². The number of benzene rings is 1. The molecule has 1 aromatic carbocycles. The number of quaternary nitrogens is 1. The Labute approximate surface area is 107 Å². The van der Waals surface area contributed by atoms with Gasteiger partial charge in [-0.15, -0.1) is 0 Å². The molecule has 1 aliphatic heterocycles. The van der Waals surface area contributed by atoms with Gasteiger partial charge in [0.25, 0.3) is 0 Å². The zero-order valence-electron chi connectivity index (χ0n) is 9.86. The molecule has 0 saturated carbocycles. The number of aliphatic hydroxyl groups is 1. The Morgan fingerprint density at radius 2 is 2.00 bits per heavy atom. The van der Waals surface area contributed by atoms with E-state index in [9.17, 15) is 5.11 Å². The standard InChI is InChI=1S/C13H18ClNO2/c14-12-5-1-2-6-13(12)17-10-11(16)9-15-7-3-4-8-15/h1-2,5-6,11,16H,3-4,7-10H2/p+1/t11-/m1/s1. The minimum Gasteiger partial charge on any atom is -0.489 e. The molecular formula is C13H19ClNO2+. The normalized spacial score (nSPS) is 18.2. The SMILES string of the molecule is O[C@@H](COc1ccccc1Cl)C[NH+]1CCCC1. The van der Waals surface area contributed by atoms with E-state index in [1.807, 2.05) is 18.2 Å². The van der Waals surface area contributed by atoms with E-state index in [4.69, 9.17) is 16.3 Å². The van der Waals surface area contributed by atoms with Crippen LogP contribution in [-0.2, 0) is 0 Å². The molecule has 1 atom stereocenters. The van der Waals surface area contributed by atoms with Gasteiger partial charge in [-0.05, 0) is 12.1 Å². The fraction of sp³-hybridized carbons (Fsp3) is 0.538. The molecule has 2 N–H and O–H groups in total. The first-order valence-electron chi connectivity index (χ1n) is 6.14. The van der Waals surface area contributed by atoms with Gasteiger partial charge in [-0.3, -0.25) is 0 Å². The second kappa shape index (κ2) is 6.24. The first-order valence-corrected chi connectivity index (χ1v) is 6.52. The quantitative estimate of drug-likeness (QED) is 0.816. The van der Waals surface area contributed by atoms with Gasteiger partial charge < -0.3 is 14.7 Å². The van der Waals surface area contributed by atoms with Crippen LogP contribution in [0.3, 0.4) is 0 Å². The maximum Gasteiger partial charge on any atom is 0.138 e. The number of halogens is 1. The monoisotopic (exact) mass is 256 g/mol. The van der Waals surface area contributed by atoms with Gasteiger partial charge in [0.2, 0.25) is 0 Å². The molecule has 1 heterocycles. The lowest BCUT2D eigenvalue weighted by Gasteiger charge is -2.17. The van der Waals surface area contributed by atoms with Crippen molar-refractivity contribution >= 4 is 11.6 Å². The smallest absolute Gasteiger partial charge is 0.138 e. The van der Waals surface area contributed by atoms with Crippen molar-refractivity contribution < 1.29 is 14.7 Å². The molecule has 2 rings (SSSR count). The third-order valence-corrected chi connectivity index (χ3v) is 3.42. The van der Waals surface area contributed by atoms with Crippen molar-refractivity contribution in [2.75, 3.05) is 26.2 Å². The zero-order chi connectivity index (χ0) is 12.1. The second-order valence-corrected chi connectivity index (χ2v) is 4.96. The molecule has 0 unspecified atom stereocenters. The van der Waals surface area contributed by atoms with Gasteiger partial charge >= 0.3 is 0 Å². The summed E-state index contributed by atoms with van der Waals surface area (Å²) in [5.74, 6) is 0.643. The summed E-state index contributed by atoms with van der Waals surface area (Å²) in [6.45, 7) is 3.42. The number of aliphatic hydroxyl groups excluding tert-OH is 1. The van der Waals surface area contributed by atoms with E-state index in [0.29, 0.717) is 17.4 Å². The van der Waals surface area contributed by atoms with Crippen LogP contribution < -0.4 is 9.64 Å². The molecule has 0 radical (unpaired) electrons. The number of rotatable bonds is 5. The van der Waals surface area contributed by atoms with E-state index in [1.165, 1.54) is 30.8 Å². The lowest BCUT2D eigenvalue weighted by atomic mass is 10.3. The van der Waals surface area contributed by atoms with E-state index in [0.717, 1.165) is 6.54 Å². The van der Waals surface area contributed by atoms with Crippen LogP contribution in [0, 0.1) is 0 Å². The van der Waals surface area contributed by atoms with Crippen LogP contribution in [0.2, 0.25) is 5.02 Å². The third-order valence-electron chi connectivity index (χ3n) is 3.10. The average Bonchev–Trinajstić information content (AvgIpc) is 2.81. The number of hydrogen-bond donors (Lipinski definition) is 2. The highest BCUT2D eigenvalue weighted by Crippen LogP contribution is 2.22. The number of ether oxygens (including phenoxy) is 1. The van der Waals surface area contributed by atoms with Gasteiger partial charge in [-0.2, -0.15) is 0 Å². The Bertz CT molecular complexity index is 353. The Hall–Kier alpha value is -0.770. The number of likely N-dealkylation sites (tertiary alicyclic amines) is 1. The maximum absolute atomic E-state index is 9.87. The van der Waals surface area contributed by atoms with Crippen LogP contribution in [0.1, 0.15) is 12.8 Å². The van der Waals surface area contributed by atoms with E-state index >= 15 is 0 Å². The summed E-state index contributed by atoms with van der Waals surface area (Å²) < 4.78 is 5.51. The number of nitrogens with one attached hydrogen (secondary N) is 1. The largest absolute Gasteiger partial charge is 0.489 e. The molecule has 1 fully saturated rings. The molecule has 4 heteroatoms. The molecule has 0 bridgehead atoms. The van der Waals surface area contributed by atoms with Crippen LogP contribution in [0.25, 0.3) is 0 Å². The Morgan fingerprint density at radius 1 is 1.29 bits per heavy atom. The molecule has 0 aliphatic carbocycles. The van der Waals surface area contributed by atoms with Gasteiger partial charge in [0.1, 0.15) is 25.0 Å². The Morgan fingerprint density at radius 3 is 2.71 bits per heavy atom. The van der Waals surface area contributed by atoms with Crippen molar-refractivity contribution in [3.8, 4) is 5.75 Å². The first kappa shape index (κ1) is 12.7. The van der Waals surface area contributed by atoms with Crippen molar-refractivity contribution in [2.45, 2.75) is 18.9 Å². The Kier molecular flexibility index (Phi) is 4.66. The van der Waals surface area contributed by atoms with Crippen molar-refractivity contribution in [2.24, 2.45) is 0 Å². The van der Waals surface area contributed by atoms with E-state index in [-0.39, 0.29) is 0 Å². The summed E-state index contributed by atoms with van der Waals surface area (Å²) in [6.07, 6.45) is 2.13. The minimum absolute atomic E-state index is 0.313. The molecule has 1 aliphatic rings. The van der Waals surface area contributed by atoms with E-state index in [1.54, 1.807) is 6.07 Å².